The molecule has 25 heavy (non-hydrogen) atoms. The van der Waals surface area contributed by atoms with Crippen molar-refractivity contribution in [2.75, 3.05) is 39.3 Å². The van der Waals surface area contributed by atoms with Crippen LogP contribution < -0.4 is 5.32 Å². The van der Waals surface area contributed by atoms with Crippen molar-refractivity contribution in [3.05, 3.63) is 59.9 Å². The third-order valence-corrected chi connectivity index (χ3v) is 5.47. The summed E-state index contributed by atoms with van der Waals surface area (Å²) < 4.78 is 14.6. The number of nitrogens with zero attached hydrogens (tertiary/aromatic N) is 2. The average molecular weight is 339 g/mol. The molecule has 0 radical (unpaired) electrons. The molecule has 2 saturated heterocycles. The Balaban J connectivity index is 1.40. The molecule has 1 unspecified atom stereocenters. The van der Waals surface area contributed by atoms with Gasteiger partial charge in [-0.2, -0.15) is 0 Å². The molecule has 132 valence electrons. The van der Waals surface area contributed by atoms with Crippen LogP contribution in [-0.4, -0.2) is 55.1 Å². The Bertz CT molecular complexity index is 698. The standard InChI is InChI=1S/C21H26FN3/c22-21-14-18(17-4-2-1-3-5-17)6-7-19(21)15-24-11-8-20(16-24)25-12-9-23-10-13-25/h1-7,14,20,23H,8-13,15-16H2. The summed E-state index contributed by atoms with van der Waals surface area (Å²) in [6.07, 6.45) is 1.20. The number of likely N-dealkylation sites (tertiary alicyclic amines) is 1. The molecule has 0 saturated carbocycles. The van der Waals surface area contributed by atoms with Crippen molar-refractivity contribution in [1.82, 2.24) is 15.1 Å². The van der Waals surface area contributed by atoms with Crippen LogP contribution in [0.4, 0.5) is 4.39 Å². The smallest absolute Gasteiger partial charge is 0.128 e. The van der Waals surface area contributed by atoms with Crippen LogP contribution in [-0.2, 0) is 6.54 Å². The maximum absolute atomic E-state index is 14.6. The van der Waals surface area contributed by atoms with E-state index in [0.29, 0.717) is 12.6 Å². The molecule has 2 aromatic carbocycles. The first-order valence-corrected chi connectivity index (χ1v) is 9.30. The molecule has 0 amide bonds. The number of piperazine rings is 1. The van der Waals surface area contributed by atoms with Gasteiger partial charge in [0.05, 0.1) is 0 Å². The SMILES string of the molecule is Fc1cc(-c2ccccc2)ccc1CN1CCC(N2CCNCC2)C1. The van der Waals surface area contributed by atoms with Crippen molar-refractivity contribution in [1.29, 1.82) is 0 Å². The molecule has 2 aliphatic rings. The first-order chi connectivity index (χ1) is 12.3. The minimum atomic E-state index is -0.0908. The summed E-state index contributed by atoms with van der Waals surface area (Å²) in [5, 5.41) is 3.41. The van der Waals surface area contributed by atoms with Gasteiger partial charge in [-0.3, -0.25) is 9.80 Å². The number of hydrogen-bond donors (Lipinski definition) is 1. The lowest BCUT2D eigenvalue weighted by Gasteiger charge is -2.32. The highest BCUT2D eigenvalue weighted by Crippen LogP contribution is 2.24. The van der Waals surface area contributed by atoms with E-state index in [1.165, 1.54) is 6.42 Å². The first-order valence-electron chi connectivity index (χ1n) is 9.30. The molecule has 2 heterocycles. The fourth-order valence-electron chi connectivity index (χ4n) is 4.03. The van der Waals surface area contributed by atoms with Gasteiger partial charge >= 0.3 is 0 Å². The maximum Gasteiger partial charge on any atom is 0.128 e. The van der Waals surface area contributed by atoms with Gasteiger partial charge in [0.25, 0.3) is 0 Å². The van der Waals surface area contributed by atoms with E-state index < -0.39 is 0 Å². The summed E-state index contributed by atoms with van der Waals surface area (Å²) in [7, 11) is 0. The predicted molar refractivity (Wildman–Crippen MR) is 100.0 cm³/mol. The molecule has 4 rings (SSSR count). The number of benzene rings is 2. The van der Waals surface area contributed by atoms with Crippen LogP contribution in [0.2, 0.25) is 0 Å². The van der Waals surface area contributed by atoms with Crippen molar-refractivity contribution in [3.63, 3.8) is 0 Å². The lowest BCUT2D eigenvalue weighted by atomic mass is 10.0. The molecular weight excluding hydrogens is 313 g/mol. The Morgan fingerprint density at radius 2 is 1.76 bits per heavy atom. The van der Waals surface area contributed by atoms with E-state index >= 15 is 0 Å². The topological polar surface area (TPSA) is 18.5 Å². The van der Waals surface area contributed by atoms with E-state index in [1.807, 2.05) is 42.5 Å². The highest BCUT2D eigenvalue weighted by Gasteiger charge is 2.28. The number of hydrogen-bond acceptors (Lipinski definition) is 3. The van der Waals surface area contributed by atoms with Crippen molar-refractivity contribution in [2.24, 2.45) is 0 Å². The lowest BCUT2D eigenvalue weighted by Crippen LogP contribution is -2.49. The Labute approximate surface area is 149 Å². The fraction of sp³-hybridized carbons (Fsp3) is 0.429. The van der Waals surface area contributed by atoms with Gasteiger partial charge in [-0.1, -0.05) is 42.5 Å². The van der Waals surface area contributed by atoms with Gasteiger partial charge in [0.2, 0.25) is 0 Å². The van der Waals surface area contributed by atoms with Crippen molar-refractivity contribution < 1.29 is 4.39 Å². The molecule has 0 aliphatic carbocycles. The van der Waals surface area contributed by atoms with Crippen molar-refractivity contribution in [3.8, 4) is 11.1 Å². The van der Waals surface area contributed by atoms with Gasteiger partial charge in [0.1, 0.15) is 5.82 Å². The molecule has 0 aromatic heterocycles. The third-order valence-electron chi connectivity index (χ3n) is 5.47. The zero-order valence-electron chi connectivity index (χ0n) is 14.6. The van der Waals surface area contributed by atoms with Crippen LogP contribution in [0.15, 0.2) is 48.5 Å². The Morgan fingerprint density at radius 3 is 2.52 bits per heavy atom. The molecular formula is C21H26FN3. The van der Waals surface area contributed by atoms with E-state index in [1.54, 1.807) is 6.07 Å². The Kier molecular flexibility index (Phi) is 5.11. The summed E-state index contributed by atoms with van der Waals surface area (Å²) in [6, 6.07) is 16.3. The fourth-order valence-corrected chi connectivity index (χ4v) is 4.03. The molecule has 2 aromatic rings. The van der Waals surface area contributed by atoms with E-state index in [2.05, 4.69) is 15.1 Å². The molecule has 1 N–H and O–H groups in total. The van der Waals surface area contributed by atoms with Crippen LogP contribution in [0.3, 0.4) is 0 Å². The van der Waals surface area contributed by atoms with Crippen LogP contribution in [0.5, 0.6) is 0 Å². The van der Waals surface area contributed by atoms with E-state index in [9.17, 15) is 4.39 Å². The summed E-state index contributed by atoms with van der Waals surface area (Å²) in [4.78, 5) is 4.98. The summed E-state index contributed by atoms with van der Waals surface area (Å²) >= 11 is 0. The monoisotopic (exact) mass is 339 g/mol. The van der Waals surface area contributed by atoms with Crippen LogP contribution in [0.1, 0.15) is 12.0 Å². The number of rotatable bonds is 4. The molecule has 2 aliphatic heterocycles. The molecule has 1 atom stereocenters. The Hall–Kier alpha value is -1.75. The van der Waals surface area contributed by atoms with Crippen LogP contribution in [0.25, 0.3) is 11.1 Å². The van der Waals surface area contributed by atoms with Gasteiger partial charge in [0, 0.05) is 57.4 Å². The van der Waals surface area contributed by atoms with Crippen LogP contribution >= 0.6 is 0 Å². The molecule has 0 spiro atoms. The predicted octanol–water partition coefficient (Wildman–Crippen LogP) is 2.97. The number of nitrogens with one attached hydrogen (secondary N) is 1. The highest BCUT2D eigenvalue weighted by atomic mass is 19.1. The van der Waals surface area contributed by atoms with E-state index in [-0.39, 0.29) is 5.82 Å². The second kappa shape index (κ2) is 7.65. The summed E-state index contributed by atoms with van der Waals surface area (Å²) in [5.74, 6) is -0.0908. The van der Waals surface area contributed by atoms with E-state index in [4.69, 9.17) is 0 Å². The number of halogens is 1. The van der Waals surface area contributed by atoms with Gasteiger partial charge in [-0.25, -0.2) is 4.39 Å². The summed E-state index contributed by atoms with van der Waals surface area (Å²) in [6.45, 7) is 7.28. The van der Waals surface area contributed by atoms with E-state index in [0.717, 1.165) is 56.0 Å². The highest BCUT2D eigenvalue weighted by molar-refractivity contribution is 5.63. The largest absolute Gasteiger partial charge is 0.314 e. The average Bonchev–Trinajstić information content (AvgIpc) is 3.13. The zero-order chi connectivity index (χ0) is 17.1. The van der Waals surface area contributed by atoms with Crippen molar-refractivity contribution >= 4 is 0 Å². The normalized spacial score (nSPS) is 22.4. The van der Waals surface area contributed by atoms with Gasteiger partial charge in [-0.05, 0) is 23.6 Å². The quantitative estimate of drug-likeness (QED) is 0.924. The van der Waals surface area contributed by atoms with Gasteiger partial charge in [0.15, 0.2) is 0 Å². The van der Waals surface area contributed by atoms with Gasteiger partial charge < -0.3 is 5.32 Å². The maximum atomic E-state index is 14.6. The van der Waals surface area contributed by atoms with Gasteiger partial charge in [-0.15, -0.1) is 0 Å². The van der Waals surface area contributed by atoms with Crippen molar-refractivity contribution in [2.45, 2.75) is 19.0 Å². The zero-order valence-corrected chi connectivity index (χ0v) is 14.6. The minimum absolute atomic E-state index is 0.0908. The second-order valence-electron chi connectivity index (χ2n) is 7.14. The second-order valence-corrected chi connectivity index (χ2v) is 7.14. The molecule has 2 fully saturated rings. The lowest BCUT2D eigenvalue weighted by molar-refractivity contribution is 0.170. The molecule has 3 nitrogen and oxygen atoms in total. The summed E-state index contributed by atoms with van der Waals surface area (Å²) in [5.41, 5.74) is 2.82. The molecule has 0 bridgehead atoms. The minimum Gasteiger partial charge on any atom is -0.314 e. The first kappa shape index (κ1) is 16.7. The molecule has 4 heteroatoms. The Morgan fingerprint density at radius 1 is 0.960 bits per heavy atom. The van der Waals surface area contributed by atoms with Crippen LogP contribution in [0, 0.1) is 5.82 Å². The third kappa shape index (κ3) is 3.92.